The molecule has 0 aliphatic heterocycles. The van der Waals surface area contributed by atoms with Crippen LogP contribution in [0.15, 0.2) is 41.2 Å². The van der Waals surface area contributed by atoms with Gasteiger partial charge in [0.2, 0.25) is 0 Å². The lowest BCUT2D eigenvalue weighted by Crippen LogP contribution is -2.23. The summed E-state index contributed by atoms with van der Waals surface area (Å²) in [6.07, 6.45) is 4.41. The highest BCUT2D eigenvalue weighted by Crippen LogP contribution is 2.26. The molecule has 0 bridgehead atoms. The van der Waals surface area contributed by atoms with Gasteiger partial charge in [-0.3, -0.25) is 0 Å². The lowest BCUT2D eigenvalue weighted by Gasteiger charge is -2.19. The topological polar surface area (TPSA) is 25.2 Å². The monoisotopic (exact) mass is 375 g/mol. The highest BCUT2D eigenvalue weighted by molar-refractivity contribution is 14.1. The summed E-state index contributed by atoms with van der Waals surface area (Å²) in [7, 11) is 0. The van der Waals surface area contributed by atoms with E-state index < -0.39 is 0 Å². The fourth-order valence-corrected chi connectivity index (χ4v) is 2.86. The molecule has 4 heteroatoms. The molecule has 0 spiro atoms. The maximum absolute atomic E-state index is 6.09. The van der Waals surface area contributed by atoms with Gasteiger partial charge >= 0.3 is 0 Å². The first-order chi connectivity index (χ1) is 8.70. The van der Waals surface area contributed by atoms with Crippen molar-refractivity contribution >= 4 is 34.2 Å². The number of benzene rings is 1. The minimum absolute atomic E-state index is 0.262. The van der Waals surface area contributed by atoms with Crippen LogP contribution in [0.5, 0.6) is 0 Å². The zero-order valence-corrected chi connectivity index (χ0v) is 13.0. The molecule has 0 saturated heterocycles. The Balaban J connectivity index is 2.26. The van der Waals surface area contributed by atoms with Crippen LogP contribution in [-0.2, 0) is 6.42 Å². The summed E-state index contributed by atoms with van der Waals surface area (Å²) in [5, 5.41) is 4.28. The van der Waals surface area contributed by atoms with Crippen molar-refractivity contribution in [1.29, 1.82) is 0 Å². The van der Waals surface area contributed by atoms with Crippen LogP contribution in [0.2, 0.25) is 5.02 Å². The number of hydrogen-bond donors (Lipinski definition) is 1. The molecule has 1 heterocycles. The van der Waals surface area contributed by atoms with Crippen molar-refractivity contribution < 1.29 is 4.42 Å². The van der Waals surface area contributed by atoms with E-state index in [1.807, 2.05) is 18.2 Å². The SMILES string of the molecule is CCNC(Cc1ccoc1)c1cc(Cl)ccc1I. The molecule has 0 amide bonds. The summed E-state index contributed by atoms with van der Waals surface area (Å²) >= 11 is 8.44. The van der Waals surface area contributed by atoms with Gasteiger partial charge in [-0.05, 0) is 70.9 Å². The second-order valence-corrected chi connectivity index (χ2v) is 5.71. The minimum atomic E-state index is 0.262. The Bertz CT molecular complexity index is 499. The highest BCUT2D eigenvalue weighted by atomic mass is 127. The Morgan fingerprint density at radius 1 is 1.39 bits per heavy atom. The average Bonchev–Trinajstić information content (AvgIpc) is 2.85. The summed E-state index contributed by atoms with van der Waals surface area (Å²) in [5.41, 5.74) is 2.43. The Kier molecular flexibility index (Phi) is 5.09. The number of likely N-dealkylation sites (N-methyl/N-ethyl adjacent to an activating group) is 1. The predicted molar refractivity (Wildman–Crippen MR) is 83.0 cm³/mol. The third-order valence-electron chi connectivity index (χ3n) is 2.80. The van der Waals surface area contributed by atoms with Crippen LogP contribution in [0.4, 0.5) is 0 Å². The summed E-state index contributed by atoms with van der Waals surface area (Å²) in [6.45, 7) is 3.03. The third kappa shape index (κ3) is 3.49. The zero-order valence-electron chi connectivity index (χ0n) is 10.1. The van der Waals surface area contributed by atoms with Crippen LogP contribution in [0.3, 0.4) is 0 Å². The second kappa shape index (κ2) is 6.59. The van der Waals surface area contributed by atoms with Gasteiger partial charge in [0.1, 0.15) is 0 Å². The van der Waals surface area contributed by atoms with E-state index in [-0.39, 0.29) is 6.04 Å². The van der Waals surface area contributed by atoms with E-state index in [9.17, 15) is 0 Å². The fourth-order valence-electron chi connectivity index (χ4n) is 1.96. The Labute approximate surface area is 126 Å². The molecule has 0 saturated carbocycles. The smallest absolute Gasteiger partial charge is 0.0935 e. The van der Waals surface area contributed by atoms with E-state index in [0.29, 0.717) is 0 Å². The van der Waals surface area contributed by atoms with Crippen molar-refractivity contribution in [2.24, 2.45) is 0 Å². The van der Waals surface area contributed by atoms with E-state index >= 15 is 0 Å². The summed E-state index contributed by atoms with van der Waals surface area (Å²) in [6, 6.07) is 8.28. The van der Waals surface area contributed by atoms with Gasteiger partial charge in [-0.1, -0.05) is 18.5 Å². The number of furan rings is 1. The maximum atomic E-state index is 6.09. The molecule has 0 fully saturated rings. The first kappa shape index (κ1) is 13.9. The second-order valence-electron chi connectivity index (χ2n) is 4.11. The van der Waals surface area contributed by atoms with Crippen molar-refractivity contribution in [3.05, 3.63) is 56.5 Å². The molecule has 1 N–H and O–H groups in total. The fraction of sp³-hybridized carbons (Fsp3) is 0.286. The molecule has 1 atom stereocenters. The molecule has 2 aromatic rings. The lowest BCUT2D eigenvalue weighted by molar-refractivity contribution is 0.533. The molecule has 0 radical (unpaired) electrons. The largest absolute Gasteiger partial charge is 0.472 e. The van der Waals surface area contributed by atoms with Crippen LogP contribution >= 0.6 is 34.2 Å². The molecule has 2 nitrogen and oxygen atoms in total. The van der Waals surface area contributed by atoms with Gasteiger partial charge < -0.3 is 9.73 Å². The Morgan fingerprint density at radius 3 is 2.89 bits per heavy atom. The van der Waals surface area contributed by atoms with Gasteiger partial charge in [0, 0.05) is 14.6 Å². The third-order valence-corrected chi connectivity index (χ3v) is 4.02. The van der Waals surface area contributed by atoms with Crippen molar-refractivity contribution in [2.45, 2.75) is 19.4 Å². The molecular formula is C14H15ClINO. The molecular weight excluding hydrogens is 361 g/mol. The van der Waals surface area contributed by atoms with Gasteiger partial charge in [0.25, 0.3) is 0 Å². The molecule has 96 valence electrons. The molecule has 0 aliphatic rings. The zero-order chi connectivity index (χ0) is 13.0. The summed E-state index contributed by atoms with van der Waals surface area (Å²) < 4.78 is 6.36. The van der Waals surface area contributed by atoms with Crippen molar-refractivity contribution in [3.63, 3.8) is 0 Å². The van der Waals surface area contributed by atoms with Crippen molar-refractivity contribution in [2.75, 3.05) is 6.54 Å². The number of hydrogen-bond acceptors (Lipinski definition) is 2. The van der Waals surface area contributed by atoms with Crippen LogP contribution in [0.1, 0.15) is 24.1 Å². The molecule has 1 aromatic heterocycles. The molecule has 18 heavy (non-hydrogen) atoms. The van der Waals surface area contributed by atoms with Gasteiger partial charge in [-0.25, -0.2) is 0 Å². The first-order valence-electron chi connectivity index (χ1n) is 5.90. The van der Waals surface area contributed by atoms with Crippen LogP contribution in [0.25, 0.3) is 0 Å². The minimum Gasteiger partial charge on any atom is -0.472 e. The molecule has 0 aliphatic carbocycles. The number of nitrogens with one attached hydrogen (secondary N) is 1. The van der Waals surface area contributed by atoms with E-state index in [1.165, 1.54) is 14.7 Å². The van der Waals surface area contributed by atoms with Crippen molar-refractivity contribution in [1.82, 2.24) is 5.32 Å². The average molecular weight is 376 g/mol. The Hall–Kier alpha value is -0.520. The molecule has 2 rings (SSSR count). The summed E-state index contributed by atoms with van der Waals surface area (Å²) in [4.78, 5) is 0. The van der Waals surface area contributed by atoms with E-state index in [2.05, 4.69) is 40.9 Å². The maximum Gasteiger partial charge on any atom is 0.0935 e. The van der Waals surface area contributed by atoms with Gasteiger partial charge in [0.05, 0.1) is 12.5 Å². The van der Waals surface area contributed by atoms with Crippen LogP contribution in [0, 0.1) is 3.57 Å². The van der Waals surface area contributed by atoms with Gasteiger partial charge in [0.15, 0.2) is 0 Å². The molecule has 1 unspecified atom stereocenters. The molecule has 1 aromatic carbocycles. The lowest BCUT2D eigenvalue weighted by atomic mass is 10.0. The standard InChI is InChI=1S/C14H15ClINO/c1-2-17-14(7-10-5-6-18-9-10)12-8-11(15)3-4-13(12)16/h3-6,8-9,14,17H,2,7H2,1H3. The van der Waals surface area contributed by atoms with Crippen molar-refractivity contribution in [3.8, 4) is 0 Å². The first-order valence-corrected chi connectivity index (χ1v) is 7.35. The number of halogens is 2. The quantitative estimate of drug-likeness (QED) is 0.782. The van der Waals surface area contributed by atoms with E-state index in [0.717, 1.165) is 18.0 Å². The Morgan fingerprint density at radius 2 is 2.22 bits per heavy atom. The van der Waals surface area contributed by atoms with Crippen LogP contribution in [-0.4, -0.2) is 6.54 Å². The van der Waals surface area contributed by atoms with Crippen LogP contribution < -0.4 is 5.32 Å². The normalized spacial score (nSPS) is 12.6. The summed E-state index contributed by atoms with van der Waals surface area (Å²) in [5.74, 6) is 0. The number of rotatable bonds is 5. The highest BCUT2D eigenvalue weighted by Gasteiger charge is 2.15. The van der Waals surface area contributed by atoms with Gasteiger partial charge in [-0.2, -0.15) is 0 Å². The van der Waals surface area contributed by atoms with E-state index in [4.69, 9.17) is 16.0 Å². The van der Waals surface area contributed by atoms with E-state index in [1.54, 1.807) is 12.5 Å². The van der Waals surface area contributed by atoms with Gasteiger partial charge in [-0.15, -0.1) is 0 Å². The predicted octanol–water partition coefficient (Wildman–Crippen LogP) is 4.43.